The van der Waals surface area contributed by atoms with Gasteiger partial charge in [-0.15, -0.1) is 24.0 Å². The molecule has 0 aromatic rings. The molecule has 1 unspecified atom stereocenters. The molecule has 1 amide bonds. The van der Waals surface area contributed by atoms with Crippen molar-refractivity contribution < 1.29 is 14.3 Å². The summed E-state index contributed by atoms with van der Waals surface area (Å²) in [6, 6.07) is 0. The van der Waals surface area contributed by atoms with E-state index in [4.69, 9.17) is 14.5 Å². The molecule has 2 N–H and O–H groups in total. The Balaban J connectivity index is 0.00000420. The summed E-state index contributed by atoms with van der Waals surface area (Å²) in [7, 11) is 0. The van der Waals surface area contributed by atoms with Gasteiger partial charge in [-0.3, -0.25) is 4.99 Å². The molecule has 29 heavy (non-hydrogen) atoms. The van der Waals surface area contributed by atoms with Gasteiger partial charge in [-0.25, -0.2) is 4.79 Å². The molecule has 2 fully saturated rings. The molecule has 0 radical (unpaired) electrons. The first kappa shape index (κ1) is 26.3. The summed E-state index contributed by atoms with van der Waals surface area (Å²) in [6.07, 6.45) is 3.50. The number of likely N-dealkylation sites (tertiary alicyclic amines) is 1. The van der Waals surface area contributed by atoms with Crippen LogP contribution in [-0.4, -0.2) is 67.5 Å². The van der Waals surface area contributed by atoms with Crippen LogP contribution in [0.3, 0.4) is 0 Å². The summed E-state index contributed by atoms with van der Waals surface area (Å²) in [5, 5.41) is 6.52. The predicted molar refractivity (Wildman–Crippen MR) is 128 cm³/mol. The Morgan fingerprint density at radius 2 is 1.90 bits per heavy atom. The highest BCUT2D eigenvalue weighted by atomic mass is 127. The second-order valence-corrected chi connectivity index (χ2v) is 9.26. The lowest BCUT2D eigenvalue weighted by Gasteiger charge is -2.33. The summed E-state index contributed by atoms with van der Waals surface area (Å²) < 4.78 is 11.1. The quantitative estimate of drug-likeness (QED) is 0.315. The highest BCUT2D eigenvalue weighted by Gasteiger charge is 2.42. The molecular formula is C21H41IN4O3. The maximum Gasteiger partial charge on any atom is 0.408 e. The van der Waals surface area contributed by atoms with Crippen molar-refractivity contribution in [3.05, 3.63) is 0 Å². The minimum atomic E-state index is -0.511. The SMILES string of the molecule is CCNC(=NCC(CC)(CC)NC(=O)OC(C)(C)C)N1CCC2(CCOC2)C1.I. The number of hydrogen-bond donors (Lipinski definition) is 2. The predicted octanol–water partition coefficient (Wildman–Crippen LogP) is 3.77. The second-order valence-electron chi connectivity index (χ2n) is 9.26. The van der Waals surface area contributed by atoms with Crippen LogP contribution in [0.2, 0.25) is 0 Å². The van der Waals surface area contributed by atoms with E-state index in [1.807, 2.05) is 20.8 Å². The molecular weight excluding hydrogens is 483 g/mol. The van der Waals surface area contributed by atoms with Gasteiger partial charge in [-0.2, -0.15) is 0 Å². The highest BCUT2D eigenvalue weighted by Crippen LogP contribution is 2.38. The van der Waals surface area contributed by atoms with Crippen molar-refractivity contribution >= 4 is 36.0 Å². The summed E-state index contributed by atoms with van der Waals surface area (Å²) >= 11 is 0. The lowest BCUT2D eigenvalue weighted by molar-refractivity contribution is 0.0451. The molecule has 2 aliphatic heterocycles. The van der Waals surface area contributed by atoms with Crippen LogP contribution in [0.1, 0.15) is 67.2 Å². The smallest absolute Gasteiger partial charge is 0.408 e. The minimum Gasteiger partial charge on any atom is -0.444 e. The molecule has 0 aromatic heterocycles. The summed E-state index contributed by atoms with van der Waals surface area (Å²) in [5.41, 5.74) is -0.628. The van der Waals surface area contributed by atoms with Crippen LogP contribution in [-0.2, 0) is 9.47 Å². The molecule has 0 aromatic carbocycles. The molecule has 2 saturated heterocycles. The standard InChI is InChI=1S/C21H40N4O3.HI/c1-7-21(8-2,24-18(26)28-19(4,5)6)14-23-17(22-9-3)25-12-10-20(15-25)11-13-27-16-20;/h7-16H2,1-6H3,(H,22,23)(H,24,26);1H. The van der Waals surface area contributed by atoms with Crippen LogP contribution >= 0.6 is 24.0 Å². The van der Waals surface area contributed by atoms with Crippen LogP contribution in [0.5, 0.6) is 0 Å². The largest absolute Gasteiger partial charge is 0.444 e. The molecule has 2 heterocycles. The van der Waals surface area contributed by atoms with E-state index in [-0.39, 0.29) is 35.5 Å². The molecule has 0 saturated carbocycles. The van der Waals surface area contributed by atoms with Gasteiger partial charge in [-0.1, -0.05) is 13.8 Å². The Labute approximate surface area is 193 Å². The average molecular weight is 524 g/mol. The van der Waals surface area contributed by atoms with Crippen LogP contribution < -0.4 is 10.6 Å². The first-order valence-corrected chi connectivity index (χ1v) is 10.8. The van der Waals surface area contributed by atoms with Gasteiger partial charge in [0.05, 0.1) is 18.7 Å². The van der Waals surface area contributed by atoms with E-state index in [0.717, 1.165) is 64.5 Å². The number of ether oxygens (including phenoxy) is 2. The lowest BCUT2D eigenvalue weighted by Crippen LogP contribution is -2.52. The molecule has 7 nitrogen and oxygen atoms in total. The molecule has 0 aliphatic carbocycles. The third-order valence-corrected chi connectivity index (χ3v) is 5.91. The number of guanidine groups is 1. The zero-order valence-electron chi connectivity index (χ0n) is 19.1. The van der Waals surface area contributed by atoms with Crippen molar-refractivity contribution in [2.24, 2.45) is 10.4 Å². The number of carbonyl (C=O) groups excluding carboxylic acids is 1. The Morgan fingerprint density at radius 3 is 2.41 bits per heavy atom. The Kier molecular flexibility index (Phi) is 9.98. The van der Waals surface area contributed by atoms with E-state index < -0.39 is 11.1 Å². The van der Waals surface area contributed by atoms with Gasteiger partial charge in [0.2, 0.25) is 0 Å². The molecule has 2 aliphatic rings. The summed E-state index contributed by atoms with van der Waals surface area (Å²) in [5.74, 6) is 0.934. The maximum absolute atomic E-state index is 12.4. The van der Waals surface area contributed by atoms with Gasteiger partial charge < -0.3 is 25.0 Å². The van der Waals surface area contributed by atoms with E-state index in [0.29, 0.717) is 6.54 Å². The number of alkyl carbamates (subject to hydrolysis) is 1. The first-order valence-electron chi connectivity index (χ1n) is 10.8. The number of carbonyl (C=O) groups is 1. The average Bonchev–Trinajstić information content (AvgIpc) is 3.26. The van der Waals surface area contributed by atoms with Crippen LogP contribution in [0.15, 0.2) is 4.99 Å². The van der Waals surface area contributed by atoms with E-state index >= 15 is 0 Å². The number of halogens is 1. The van der Waals surface area contributed by atoms with Gasteiger partial charge in [0.1, 0.15) is 5.60 Å². The molecule has 1 spiro atoms. The third-order valence-electron chi connectivity index (χ3n) is 5.91. The van der Waals surface area contributed by atoms with Gasteiger partial charge in [0, 0.05) is 31.7 Å². The molecule has 170 valence electrons. The monoisotopic (exact) mass is 524 g/mol. The normalized spacial score (nSPS) is 22.6. The van der Waals surface area contributed by atoms with Crippen LogP contribution in [0.4, 0.5) is 4.79 Å². The van der Waals surface area contributed by atoms with Crippen LogP contribution in [0, 0.1) is 5.41 Å². The van der Waals surface area contributed by atoms with Crippen molar-refractivity contribution in [3.8, 4) is 0 Å². The molecule has 1 atom stereocenters. The Morgan fingerprint density at radius 1 is 1.21 bits per heavy atom. The minimum absolute atomic E-state index is 0. The van der Waals surface area contributed by atoms with Crippen molar-refractivity contribution in [2.75, 3.05) is 39.4 Å². The Hall–Kier alpha value is -0.770. The summed E-state index contributed by atoms with van der Waals surface area (Å²) in [6.45, 7) is 17.0. The molecule has 8 heteroatoms. The van der Waals surface area contributed by atoms with E-state index in [1.54, 1.807) is 0 Å². The molecule has 0 bridgehead atoms. The van der Waals surface area contributed by atoms with Gasteiger partial charge in [0.15, 0.2) is 5.96 Å². The number of hydrogen-bond acceptors (Lipinski definition) is 4. The van der Waals surface area contributed by atoms with E-state index in [9.17, 15) is 4.79 Å². The van der Waals surface area contributed by atoms with Crippen LogP contribution in [0.25, 0.3) is 0 Å². The van der Waals surface area contributed by atoms with Crippen molar-refractivity contribution in [3.63, 3.8) is 0 Å². The Bertz CT molecular complexity index is 553. The molecule has 2 rings (SSSR count). The van der Waals surface area contributed by atoms with Crippen molar-refractivity contribution in [1.82, 2.24) is 15.5 Å². The van der Waals surface area contributed by atoms with Gasteiger partial charge in [0.25, 0.3) is 0 Å². The number of aliphatic imine (C=N–C) groups is 1. The zero-order chi connectivity index (χ0) is 20.8. The van der Waals surface area contributed by atoms with E-state index in [2.05, 4.69) is 36.3 Å². The fourth-order valence-electron chi connectivity index (χ4n) is 3.95. The van der Waals surface area contributed by atoms with Crippen molar-refractivity contribution in [2.45, 2.75) is 78.4 Å². The number of nitrogens with zero attached hydrogens (tertiary/aromatic N) is 2. The lowest BCUT2D eigenvalue weighted by atomic mass is 9.87. The fraction of sp³-hybridized carbons (Fsp3) is 0.905. The van der Waals surface area contributed by atoms with Crippen molar-refractivity contribution in [1.29, 1.82) is 0 Å². The third kappa shape index (κ3) is 7.45. The van der Waals surface area contributed by atoms with Gasteiger partial charge in [-0.05, 0) is 53.4 Å². The topological polar surface area (TPSA) is 75.2 Å². The number of nitrogens with one attached hydrogen (secondary N) is 2. The number of rotatable bonds is 6. The van der Waals surface area contributed by atoms with E-state index in [1.165, 1.54) is 0 Å². The second kappa shape index (κ2) is 11.0. The fourth-order valence-corrected chi connectivity index (χ4v) is 3.95. The van der Waals surface area contributed by atoms with Gasteiger partial charge >= 0.3 is 6.09 Å². The number of amides is 1. The highest BCUT2D eigenvalue weighted by molar-refractivity contribution is 14.0. The first-order chi connectivity index (χ1) is 13.2. The zero-order valence-corrected chi connectivity index (χ0v) is 21.4. The summed E-state index contributed by atoms with van der Waals surface area (Å²) in [4.78, 5) is 19.6. The maximum atomic E-state index is 12.4.